The van der Waals surface area contributed by atoms with Gasteiger partial charge in [0.05, 0.1) is 18.5 Å². The molecule has 23 heavy (non-hydrogen) atoms. The van der Waals surface area contributed by atoms with E-state index >= 15 is 0 Å². The van der Waals surface area contributed by atoms with Crippen LogP contribution in [-0.2, 0) is 16.0 Å². The van der Waals surface area contributed by atoms with Gasteiger partial charge in [-0.3, -0.25) is 9.59 Å². The lowest BCUT2D eigenvalue weighted by Gasteiger charge is -2.23. The maximum absolute atomic E-state index is 12.5. The lowest BCUT2D eigenvalue weighted by atomic mass is 10.1. The highest BCUT2D eigenvalue weighted by molar-refractivity contribution is 7.08. The van der Waals surface area contributed by atoms with Crippen LogP contribution >= 0.6 is 11.3 Å². The van der Waals surface area contributed by atoms with Crippen molar-refractivity contribution in [3.8, 4) is 11.5 Å². The summed E-state index contributed by atoms with van der Waals surface area (Å²) in [6.07, 6.45) is 1.75. The molecule has 3 heterocycles. The minimum Gasteiger partial charge on any atom is -0.481 e. The number of aryl methyl sites for hydroxylation is 1. The van der Waals surface area contributed by atoms with Crippen LogP contribution in [0.3, 0.4) is 0 Å². The third kappa shape index (κ3) is 3.44. The molecule has 3 rings (SSSR count). The van der Waals surface area contributed by atoms with E-state index in [1.165, 1.54) is 0 Å². The third-order valence-electron chi connectivity index (χ3n) is 4.09. The molecule has 0 aliphatic carbocycles. The maximum Gasteiger partial charge on any atom is 0.305 e. The van der Waals surface area contributed by atoms with Crippen molar-refractivity contribution in [2.24, 2.45) is 0 Å². The topological polar surface area (TPSA) is 83.6 Å². The van der Waals surface area contributed by atoms with E-state index in [-0.39, 0.29) is 24.8 Å². The summed E-state index contributed by atoms with van der Waals surface area (Å²) in [5.41, 5.74) is 1.53. The smallest absolute Gasteiger partial charge is 0.305 e. The van der Waals surface area contributed by atoms with Crippen LogP contribution in [-0.4, -0.2) is 39.5 Å². The number of hydrogen-bond acceptors (Lipinski definition) is 5. The zero-order valence-corrected chi connectivity index (χ0v) is 13.6. The van der Waals surface area contributed by atoms with Crippen LogP contribution in [0.15, 0.2) is 21.2 Å². The molecule has 1 atom stereocenters. The van der Waals surface area contributed by atoms with Gasteiger partial charge in [-0.2, -0.15) is 11.3 Å². The van der Waals surface area contributed by atoms with Gasteiger partial charge in [0.25, 0.3) is 0 Å². The summed E-state index contributed by atoms with van der Waals surface area (Å²) in [6.45, 7) is 2.41. The van der Waals surface area contributed by atoms with E-state index in [0.29, 0.717) is 23.9 Å². The number of amides is 1. The number of oxazole rings is 1. The molecule has 7 heteroatoms. The number of nitrogens with zero attached hydrogens (tertiary/aromatic N) is 2. The molecule has 2 aromatic rings. The quantitative estimate of drug-likeness (QED) is 0.909. The largest absolute Gasteiger partial charge is 0.481 e. The fourth-order valence-corrected chi connectivity index (χ4v) is 3.55. The van der Waals surface area contributed by atoms with Crippen molar-refractivity contribution in [1.29, 1.82) is 0 Å². The lowest BCUT2D eigenvalue weighted by molar-refractivity contribution is -0.139. The molecule has 0 radical (unpaired) electrons. The summed E-state index contributed by atoms with van der Waals surface area (Å²) in [5.74, 6) is 0.206. The van der Waals surface area contributed by atoms with Gasteiger partial charge in [0, 0.05) is 23.5 Å². The summed E-state index contributed by atoms with van der Waals surface area (Å²) >= 11 is 1.56. The zero-order valence-electron chi connectivity index (χ0n) is 12.8. The number of carboxylic acids is 1. The summed E-state index contributed by atoms with van der Waals surface area (Å²) in [5, 5.41) is 12.8. The number of thiophene rings is 1. The normalized spacial score (nSPS) is 17.6. The minimum absolute atomic E-state index is 0.00366. The van der Waals surface area contributed by atoms with Gasteiger partial charge in [0.2, 0.25) is 11.8 Å². The fraction of sp³-hybridized carbons (Fsp3) is 0.438. The van der Waals surface area contributed by atoms with Gasteiger partial charge in [-0.1, -0.05) is 0 Å². The lowest BCUT2D eigenvalue weighted by Crippen LogP contribution is -2.37. The van der Waals surface area contributed by atoms with Crippen LogP contribution in [0.1, 0.15) is 30.7 Å². The molecule has 0 bridgehead atoms. The molecule has 1 N–H and O–H groups in total. The van der Waals surface area contributed by atoms with Crippen molar-refractivity contribution >= 4 is 23.2 Å². The maximum atomic E-state index is 12.5. The first-order valence-electron chi connectivity index (χ1n) is 7.54. The number of carboxylic acid groups (broad SMARTS) is 1. The second-order valence-electron chi connectivity index (χ2n) is 5.69. The first kappa shape index (κ1) is 15.7. The highest BCUT2D eigenvalue weighted by atomic mass is 32.1. The van der Waals surface area contributed by atoms with Crippen LogP contribution in [0, 0.1) is 6.92 Å². The highest BCUT2D eigenvalue weighted by Gasteiger charge is 2.31. The van der Waals surface area contributed by atoms with Crippen molar-refractivity contribution in [2.75, 3.05) is 6.54 Å². The second kappa shape index (κ2) is 6.54. The number of carbonyl (C=O) groups excluding carboxylic acids is 1. The molecule has 1 fully saturated rings. The number of hydrogen-bond donors (Lipinski definition) is 1. The van der Waals surface area contributed by atoms with E-state index in [0.717, 1.165) is 18.4 Å². The van der Waals surface area contributed by atoms with E-state index in [2.05, 4.69) is 4.98 Å². The van der Waals surface area contributed by atoms with Crippen LogP contribution in [0.25, 0.3) is 11.5 Å². The zero-order chi connectivity index (χ0) is 16.4. The van der Waals surface area contributed by atoms with Gasteiger partial charge >= 0.3 is 5.97 Å². The van der Waals surface area contributed by atoms with Gasteiger partial charge in [0.15, 0.2) is 0 Å². The summed E-state index contributed by atoms with van der Waals surface area (Å²) in [6, 6.07) is 1.72. The average molecular weight is 334 g/mol. The van der Waals surface area contributed by atoms with E-state index in [1.54, 1.807) is 23.2 Å². The Labute approximate surface area is 137 Å². The molecule has 1 amide bonds. The Morgan fingerprint density at radius 1 is 1.52 bits per heavy atom. The van der Waals surface area contributed by atoms with Gasteiger partial charge in [0.1, 0.15) is 5.76 Å². The Morgan fingerprint density at radius 2 is 2.35 bits per heavy atom. The Morgan fingerprint density at radius 3 is 3.04 bits per heavy atom. The van der Waals surface area contributed by atoms with Gasteiger partial charge in [-0.15, -0.1) is 0 Å². The number of aliphatic carboxylic acids is 1. The van der Waals surface area contributed by atoms with Gasteiger partial charge < -0.3 is 14.4 Å². The molecular formula is C16H18N2O4S. The molecule has 0 saturated carbocycles. The van der Waals surface area contributed by atoms with E-state index in [4.69, 9.17) is 9.52 Å². The van der Waals surface area contributed by atoms with E-state index < -0.39 is 5.97 Å². The van der Waals surface area contributed by atoms with Crippen LogP contribution in [0.2, 0.25) is 0 Å². The number of carbonyl (C=O) groups is 2. The Hall–Kier alpha value is -2.15. The molecule has 122 valence electrons. The summed E-state index contributed by atoms with van der Waals surface area (Å²) < 4.78 is 5.64. The number of rotatable bonds is 5. The fourth-order valence-electron chi connectivity index (χ4n) is 2.92. The molecule has 1 saturated heterocycles. The molecular weight excluding hydrogens is 316 g/mol. The van der Waals surface area contributed by atoms with Gasteiger partial charge in [-0.05, 0) is 31.2 Å². The first-order chi connectivity index (χ1) is 11.0. The SMILES string of the molecule is Cc1oc(-c2ccsc2)nc1CC(=O)N1CCCC1CC(=O)O. The van der Waals surface area contributed by atoms with Crippen LogP contribution < -0.4 is 0 Å². The molecule has 0 aromatic carbocycles. The predicted molar refractivity (Wildman–Crippen MR) is 85.2 cm³/mol. The Kier molecular flexibility index (Phi) is 4.47. The van der Waals surface area contributed by atoms with E-state index in [9.17, 15) is 9.59 Å². The third-order valence-corrected chi connectivity index (χ3v) is 4.77. The van der Waals surface area contributed by atoms with Crippen LogP contribution in [0.4, 0.5) is 0 Å². The highest BCUT2D eigenvalue weighted by Crippen LogP contribution is 2.26. The minimum atomic E-state index is -0.868. The molecule has 1 aliphatic heterocycles. The second-order valence-corrected chi connectivity index (χ2v) is 6.47. The Balaban J connectivity index is 1.71. The van der Waals surface area contributed by atoms with Crippen molar-refractivity contribution in [1.82, 2.24) is 9.88 Å². The number of aromatic nitrogens is 1. The molecule has 6 nitrogen and oxygen atoms in total. The van der Waals surface area contributed by atoms with Crippen molar-refractivity contribution in [3.63, 3.8) is 0 Å². The summed E-state index contributed by atoms with van der Waals surface area (Å²) in [7, 11) is 0. The monoisotopic (exact) mass is 334 g/mol. The first-order valence-corrected chi connectivity index (χ1v) is 8.49. The van der Waals surface area contributed by atoms with E-state index in [1.807, 2.05) is 16.8 Å². The predicted octanol–water partition coefficient (Wildman–Crippen LogP) is 2.72. The molecule has 1 unspecified atom stereocenters. The van der Waals surface area contributed by atoms with Crippen molar-refractivity contribution < 1.29 is 19.1 Å². The Bertz CT molecular complexity index is 708. The summed E-state index contributed by atoms with van der Waals surface area (Å²) in [4.78, 5) is 29.5. The number of likely N-dealkylation sites (tertiary alicyclic amines) is 1. The van der Waals surface area contributed by atoms with Gasteiger partial charge in [-0.25, -0.2) is 4.98 Å². The molecule has 1 aliphatic rings. The van der Waals surface area contributed by atoms with Crippen LogP contribution in [0.5, 0.6) is 0 Å². The van der Waals surface area contributed by atoms with Crippen molar-refractivity contribution in [3.05, 3.63) is 28.3 Å². The average Bonchev–Trinajstić information content (AvgIpc) is 3.20. The van der Waals surface area contributed by atoms with Crippen molar-refractivity contribution in [2.45, 2.75) is 38.6 Å². The molecule has 2 aromatic heterocycles. The standard InChI is InChI=1S/C16H18N2O4S/c1-10-13(17-16(22-10)11-4-6-23-9-11)8-14(19)18-5-2-3-12(18)7-15(20)21/h4,6,9,12H,2-3,5,7-8H2,1H3,(H,20,21). The molecule has 0 spiro atoms.